The standard InChI is InChI=1S/C21H25Cl2N3O4S/c1-15(21(27)24-14-16-3-6-18(30-2)7-4-16)25-9-11-26(12-10-25)31(28,29)20-13-17(22)5-8-19(20)23/h3-8,13,15H,9-12,14H2,1-2H3,(H,24,27). The lowest BCUT2D eigenvalue weighted by molar-refractivity contribution is -0.126. The number of nitrogens with one attached hydrogen (secondary N) is 1. The van der Waals surface area contributed by atoms with E-state index in [0.717, 1.165) is 11.3 Å². The van der Waals surface area contributed by atoms with Gasteiger partial charge in [0.05, 0.1) is 18.2 Å². The Hall–Kier alpha value is -1.84. The van der Waals surface area contributed by atoms with Gasteiger partial charge in [-0.3, -0.25) is 9.69 Å². The molecule has 1 unspecified atom stereocenters. The van der Waals surface area contributed by atoms with Gasteiger partial charge in [0.15, 0.2) is 0 Å². The van der Waals surface area contributed by atoms with E-state index in [1.165, 1.54) is 16.4 Å². The van der Waals surface area contributed by atoms with E-state index in [0.29, 0.717) is 24.7 Å². The summed E-state index contributed by atoms with van der Waals surface area (Å²) in [5, 5.41) is 3.38. The molecule has 0 radical (unpaired) electrons. The van der Waals surface area contributed by atoms with Crippen molar-refractivity contribution >= 4 is 39.1 Å². The number of methoxy groups -OCH3 is 1. The van der Waals surface area contributed by atoms with Crippen molar-refractivity contribution in [2.45, 2.75) is 24.4 Å². The first kappa shape index (κ1) is 23.8. The average Bonchev–Trinajstić information content (AvgIpc) is 2.78. The third-order valence-electron chi connectivity index (χ3n) is 5.34. The number of benzene rings is 2. The molecule has 1 atom stereocenters. The Kier molecular flexibility index (Phi) is 7.82. The van der Waals surface area contributed by atoms with Crippen molar-refractivity contribution in [3.63, 3.8) is 0 Å². The number of halogens is 2. The Morgan fingerprint density at radius 1 is 1.10 bits per heavy atom. The van der Waals surface area contributed by atoms with E-state index >= 15 is 0 Å². The quantitative estimate of drug-likeness (QED) is 0.651. The molecule has 168 valence electrons. The van der Waals surface area contributed by atoms with Gasteiger partial charge in [-0.1, -0.05) is 35.3 Å². The second-order valence-electron chi connectivity index (χ2n) is 7.26. The summed E-state index contributed by atoms with van der Waals surface area (Å²) >= 11 is 12.0. The van der Waals surface area contributed by atoms with Crippen LogP contribution in [0.5, 0.6) is 5.75 Å². The molecule has 1 amide bonds. The Morgan fingerprint density at radius 2 is 1.74 bits per heavy atom. The van der Waals surface area contributed by atoms with Gasteiger partial charge in [-0.2, -0.15) is 4.31 Å². The molecule has 1 N–H and O–H groups in total. The zero-order valence-corrected chi connectivity index (χ0v) is 19.7. The lowest BCUT2D eigenvalue weighted by Gasteiger charge is -2.36. The molecule has 31 heavy (non-hydrogen) atoms. The first-order valence-electron chi connectivity index (χ1n) is 9.82. The number of hydrogen-bond donors (Lipinski definition) is 1. The highest BCUT2D eigenvalue weighted by Crippen LogP contribution is 2.28. The van der Waals surface area contributed by atoms with Crippen LogP contribution >= 0.6 is 23.2 Å². The van der Waals surface area contributed by atoms with Crippen molar-refractivity contribution in [1.29, 1.82) is 0 Å². The Labute approximate surface area is 192 Å². The Morgan fingerprint density at radius 3 is 2.35 bits per heavy atom. The molecule has 1 heterocycles. The normalized spacial score (nSPS) is 16.6. The van der Waals surface area contributed by atoms with Crippen LogP contribution in [0.3, 0.4) is 0 Å². The fraction of sp³-hybridized carbons (Fsp3) is 0.381. The van der Waals surface area contributed by atoms with E-state index in [2.05, 4.69) is 5.32 Å². The van der Waals surface area contributed by atoms with Crippen LogP contribution in [0.1, 0.15) is 12.5 Å². The van der Waals surface area contributed by atoms with Gasteiger partial charge in [-0.05, 0) is 42.8 Å². The van der Waals surface area contributed by atoms with Crippen LogP contribution in [-0.4, -0.2) is 62.9 Å². The van der Waals surface area contributed by atoms with Crippen molar-refractivity contribution in [3.8, 4) is 5.75 Å². The summed E-state index contributed by atoms with van der Waals surface area (Å²) in [6, 6.07) is 11.5. The van der Waals surface area contributed by atoms with Crippen LogP contribution in [0.25, 0.3) is 0 Å². The smallest absolute Gasteiger partial charge is 0.244 e. The second-order valence-corrected chi connectivity index (χ2v) is 10.0. The van der Waals surface area contributed by atoms with E-state index in [1.807, 2.05) is 36.1 Å². The van der Waals surface area contributed by atoms with Crippen LogP contribution in [0.15, 0.2) is 47.4 Å². The van der Waals surface area contributed by atoms with E-state index in [1.54, 1.807) is 13.2 Å². The Balaban J connectivity index is 1.55. The van der Waals surface area contributed by atoms with E-state index in [9.17, 15) is 13.2 Å². The number of sulfonamides is 1. The van der Waals surface area contributed by atoms with Crippen LogP contribution < -0.4 is 10.1 Å². The molecule has 0 spiro atoms. The highest BCUT2D eigenvalue weighted by Gasteiger charge is 2.33. The van der Waals surface area contributed by atoms with Crippen LogP contribution in [0.2, 0.25) is 10.0 Å². The zero-order chi connectivity index (χ0) is 22.6. The maximum atomic E-state index is 13.0. The number of rotatable bonds is 7. The monoisotopic (exact) mass is 485 g/mol. The summed E-state index contributed by atoms with van der Waals surface area (Å²) in [6.07, 6.45) is 0. The molecule has 0 bridgehead atoms. The maximum absolute atomic E-state index is 13.0. The highest BCUT2D eigenvalue weighted by atomic mass is 35.5. The molecule has 0 aliphatic carbocycles. The number of piperazine rings is 1. The minimum Gasteiger partial charge on any atom is -0.497 e. The zero-order valence-electron chi connectivity index (χ0n) is 17.3. The molecule has 0 aromatic heterocycles. The summed E-state index contributed by atoms with van der Waals surface area (Å²) in [4.78, 5) is 14.5. The fourth-order valence-electron chi connectivity index (χ4n) is 3.39. The highest BCUT2D eigenvalue weighted by molar-refractivity contribution is 7.89. The van der Waals surface area contributed by atoms with Gasteiger partial charge < -0.3 is 10.1 Å². The average molecular weight is 486 g/mol. The molecule has 3 rings (SSSR count). The predicted molar refractivity (Wildman–Crippen MR) is 121 cm³/mol. The molecule has 0 saturated carbocycles. The minimum atomic E-state index is -3.76. The van der Waals surface area contributed by atoms with E-state index < -0.39 is 10.0 Å². The van der Waals surface area contributed by atoms with E-state index in [4.69, 9.17) is 27.9 Å². The molecule has 1 aliphatic rings. The number of nitrogens with zero attached hydrogens (tertiary/aromatic N) is 2. The third-order valence-corrected chi connectivity index (χ3v) is 7.95. The molecular formula is C21H25Cl2N3O4S. The van der Waals surface area contributed by atoms with Gasteiger partial charge in [0.2, 0.25) is 15.9 Å². The van der Waals surface area contributed by atoms with Gasteiger partial charge in [0, 0.05) is 37.7 Å². The number of carbonyl (C=O) groups excluding carboxylic acids is 1. The van der Waals surface area contributed by atoms with Crippen molar-refractivity contribution < 1.29 is 17.9 Å². The lowest BCUT2D eigenvalue weighted by atomic mass is 10.2. The van der Waals surface area contributed by atoms with Crippen molar-refractivity contribution in [1.82, 2.24) is 14.5 Å². The molecule has 2 aromatic carbocycles. The van der Waals surface area contributed by atoms with Gasteiger partial charge in [-0.25, -0.2) is 8.42 Å². The molecule has 2 aromatic rings. The van der Waals surface area contributed by atoms with Gasteiger partial charge in [0.1, 0.15) is 10.6 Å². The van der Waals surface area contributed by atoms with Crippen LogP contribution in [-0.2, 0) is 21.4 Å². The van der Waals surface area contributed by atoms with Crippen LogP contribution in [0, 0.1) is 0 Å². The minimum absolute atomic E-state index is 0.000370. The number of carbonyl (C=O) groups is 1. The first-order valence-corrected chi connectivity index (χ1v) is 12.0. The SMILES string of the molecule is COc1ccc(CNC(=O)C(C)N2CCN(S(=O)(=O)c3cc(Cl)ccc3Cl)CC2)cc1. The number of amides is 1. The number of ether oxygens (including phenoxy) is 1. The van der Waals surface area contributed by atoms with Gasteiger partial charge >= 0.3 is 0 Å². The topological polar surface area (TPSA) is 79.0 Å². The Bertz CT molecular complexity index is 1020. The van der Waals surface area contributed by atoms with Crippen molar-refractivity contribution in [3.05, 3.63) is 58.1 Å². The molecular weight excluding hydrogens is 461 g/mol. The fourth-order valence-corrected chi connectivity index (χ4v) is 5.55. The summed E-state index contributed by atoms with van der Waals surface area (Å²) in [6.45, 7) is 3.64. The van der Waals surface area contributed by atoms with Gasteiger partial charge in [0.25, 0.3) is 0 Å². The summed E-state index contributed by atoms with van der Waals surface area (Å²) in [5.41, 5.74) is 0.968. The maximum Gasteiger partial charge on any atom is 0.244 e. The summed E-state index contributed by atoms with van der Waals surface area (Å²) in [7, 11) is -2.15. The number of hydrogen-bond acceptors (Lipinski definition) is 5. The van der Waals surface area contributed by atoms with Crippen LogP contribution in [0.4, 0.5) is 0 Å². The van der Waals surface area contributed by atoms with Crippen molar-refractivity contribution in [2.24, 2.45) is 0 Å². The molecule has 7 nitrogen and oxygen atoms in total. The van der Waals surface area contributed by atoms with Crippen molar-refractivity contribution in [2.75, 3.05) is 33.3 Å². The third kappa shape index (κ3) is 5.70. The largest absolute Gasteiger partial charge is 0.497 e. The van der Waals surface area contributed by atoms with Gasteiger partial charge in [-0.15, -0.1) is 0 Å². The molecule has 1 aliphatic heterocycles. The second kappa shape index (κ2) is 10.2. The van der Waals surface area contributed by atoms with E-state index in [-0.39, 0.29) is 35.0 Å². The molecule has 1 saturated heterocycles. The predicted octanol–water partition coefficient (Wildman–Crippen LogP) is 3.01. The molecule has 10 heteroatoms. The summed E-state index contributed by atoms with van der Waals surface area (Å²) < 4.78 is 32.4. The first-order chi connectivity index (χ1) is 14.7. The summed E-state index contributed by atoms with van der Waals surface area (Å²) in [5.74, 6) is 0.653. The lowest BCUT2D eigenvalue weighted by Crippen LogP contribution is -2.54. The molecule has 1 fully saturated rings.